The molecule has 25 heavy (non-hydrogen) atoms. The van der Waals surface area contributed by atoms with Crippen LogP contribution in [0.25, 0.3) is 5.65 Å². The third-order valence-electron chi connectivity index (χ3n) is 5.24. The molecule has 8 heteroatoms. The van der Waals surface area contributed by atoms with E-state index in [2.05, 4.69) is 9.88 Å². The Morgan fingerprint density at radius 3 is 2.60 bits per heavy atom. The van der Waals surface area contributed by atoms with Crippen LogP contribution in [-0.2, 0) is 9.84 Å². The Morgan fingerprint density at radius 2 is 1.96 bits per heavy atom. The summed E-state index contributed by atoms with van der Waals surface area (Å²) in [4.78, 5) is 21.2. The van der Waals surface area contributed by atoms with Gasteiger partial charge in [-0.2, -0.15) is 0 Å². The summed E-state index contributed by atoms with van der Waals surface area (Å²) in [6.45, 7) is 4.65. The van der Waals surface area contributed by atoms with E-state index >= 15 is 0 Å². The van der Waals surface area contributed by atoms with Crippen molar-refractivity contribution in [3.8, 4) is 0 Å². The summed E-state index contributed by atoms with van der Waals surface area (Å²) in [5, 5.41) is 0. The van der Waals surface area contributed by atoms with Crippen molar-refractivity contribution in [1.82, 2.24) is 19.2 Å². The normalized spacial score (nSPS) is 24.0. The van der Waals surface area contributed by atoms with E-state index in [9.17, 15) is 13.2 Å². The largest absolute Gasteiger partial charge is 0.335 e. The van der Waals surface area contributed by atoms with Crippen LogP contribution in [0.4, 0.5) is 0 Å². The molecule has 2 aliphatic heterocycles. The van der Waals surface area contributed by atoms with Gasteiger partial charge in [-0.3, -0.25) is 9.69 Å². The van der Waals surface area contributed by atoms with Crippen LogP contribution in [0.5, 0.6) is 0 Å². The van der Waals surface area contributed by atoms with Crippen LogP contribution in [-0.4, -0.2) is 77.2 Å². The first-order chi connectivity index (χ1) is 11.9. The van der Waals surface area contributed by atoms with Gasteiger partial charge in [-0.1, -0.05) is 6.07 Å². The molecule has 7 nitrogen and oxygen atoms in total. The minimum atomic E-state index is -2.87. The molecule has 4 rings (SSSR count). The van der Waals surface area contributed by atoms with Gasteiger partial charge in [0.25, 0.3) is 5.91 Å². The lowest BCUT2D eigenvalue weighted by atomic mass is 10.2. The molecule has 0 radical (unpaired) electrons. The highest BCUT2D eigenvalue weighted by Gasteiger charge is 2.34. The second-order valence-electron chi connectivity index (χ2n) is 6.91. The van der Waals surface area contributed by atoms with Crippen molar-refractivity contribution in [2.45, 2.75) is 19.4 Å². The zero-order valence-corrected chi connectivity index (χ0v) is 15.1. The van der Waals surface area contributed by atoms with Gasteiger partial charge in [0.1, 0.15) is 11.3 Å². The molecule has 0 aromatic carbocycles. The summed E-state index contributed by atoms with van der Waals surface area (Å²) in [7, 11) is -2.87. The number of hydrogen-bond donors (Lipinski definition) is 0. The van der Waals surface area contributed by atoms with E-state index in [-0.39, 0.29) is 23.5 Å². The van der Waals surface area contributed by atoms with Crippen molar-refractivity contribution in [3.05, 3.63) is 35.8 Å². The molecule has 0 N–H and O–H groups in total. The smallest absolute Gasteiger partial charge is 0.274 e. The monoisotopic (exact) mass is 362 g/mol. The molecular weight excluding hydrogens is 340 g/mol. The van der Waals surface area contributed by atoms with Gasteiger partial charge in [-0.15, -0.1) is 0 Å². The third-order valence-corrected chi connectivity index (χ3v) is 6.99. The number of carbonyl (C=O) groups excluding carboxylic acids is 1. The molecule has 2 aromatic rings. The SMILES string of the molecule is Cc1cccc2nc(C(=O)N3CCN([C@@H]4CCS(=O)(=O)C4)CC3)cn12. The van der Waals surface area contributed by atoms with E-state index < -0.39 is 9.84 Å². The van der Waals surface area contributed by atoms with Crippen LogP contribution in [0, 0.1) is 6.92 Å². The van der Waals surface area contributed by atoms with E-state index in [0.29, 0.717) is 25.2 Å². The summed E-state index contributed by atoms with van der Waals surface area (Å²) in [6, 6.07) is 5.92. The number of imidazole rings is 1. The molecule has 0 saturated carbocycles. The van der Waals surface area contributed by atoms with Crippen molar-refractivity contribution < 1.29 is 13.2 Å². The molecule has 0 aliphatic carbocycles. The lowest BCUT2D eigenvalue weighted by molar-refractivity contribution is 0.0583. The molecule has 134 valence electrons. The maximum absolute atomic E-state index is 12.7. The number of rotatable bonds is 2. The molecule has 0 unspecified atom stereocenters. The van der Waals surface area contributed by atoms with Gasteiger partial charge in [-0.05, 0) is 25.5 Å². The number of sulfone groups is 1. The number of pyridine rings is 1. The zero-order chi connectivity index (χ0) is 17.6. The number of piperazine rings is 1. The predicted octanol–water partition coefficient (Wildman–Crippen LogP) is 0.588. The number of fused-ring (bicyclic) bond motifs is 1. The molecule has 2 aromatic heterocycles. The molecule has 2 aliphatic rings. The van der Waals surface area contributed by atoms with Crippen LogP contribution in [0.1, 0.15) is 22.6 Å². The summed E-state index contributed by atoms with van der Waals surface area (Å²) in [6.07, 6.45) is 2.50. The number of nitrogens with zero attached hydrogens (tertiary/aromatic N) is 4. The quantitative estimate of drug-likeness (QED) is 0.782. The van der Waals surface area contributed by atoms with Gasteiger partial charge in [0.05, 0.1) is 11.5 Å². The Bertz CT molecular complexity index is 913. The maximum atomic E-state index is 12.7. The molecule has 0 spiro atoms. The second-order valence-corrected chi connectivity index (χ2v) is 9.14. The molecule has 2 saturated heterocycles. The number of aryl methyl sites for hydroxylation is 1. The molecule has 4 heterocycles. The predicted molar refractivity (Wildman–Crippen MR) is 94.5 cm³/mol. The lowest BCUT2D eigenvalue weighted by Gasteiger charge is -2.37. The lowest BCUT2D eigenvalue weighted by Crippen LogP contribution is -2.52. The maximum Gasteiger partial charge on any atom is 0.274 e. The Hall–Kier alpha value is -1.93. The first kappa shape index (κ1) is 16.5. The van der Waals surface area contributed by atoms with Gasteiger partial charge in [0.15, 0.2) is 9.84 Å². The van der Waals surface area contributed by atoms with E-state index in [0.717, 1.165) is 24.4 Å². The van der Waals surface area contributed by atoms with Crippen LogP contribution < -0.4 is 0 Å². The highest BCUT2D eigenvalue weighted by atomic mass is 32.2. The van der Waals surface area contributed by atoms with Gasteiger partial charge < -0.3 is 9.30 Å². The standard InChI is InChI=1S/C17H22N4O3S/c1-13-3-2-4-16-18-15(11-21(13)16)17(22)20-8-6-19(7-9-20)14-5-10-25(23,24)12-14/h2-4,11,14H,5-10,12H2,1H3/t14-/m1/s1. The second kappa shape index (κ2) is 6.10. The van der Waals surface area contributed by atoms with Crippen LogP contribution >= 0.6 is 0 Å². The zero-order valence-electron chi connectivity index (χ0n) is 14.3. The Morgan fingerprint density at radius 1 is 1.20 bits per heavy atom. The molecular formula is C17H22N4O3S. The van der Waals surface area contributed by atoms with E-state index in [1.54, 1.807) is 6.20 Å². The van der Waals surface area contributed by atoms with E-state index in [4.69, 9.17) is 0 Å². The minimum absolute atomic E-state index is 0.0539. The van der Waals surface area contributed by atoms with E-state index in [1.165, 1.54) is 0 Å². The first-order valence-corrected chi connectivity index (χ1v) is 10.4. The molecule has 2 fully saturated rings. The summed E-state index contributed by atoms with van der Waals surface area (Å²) in [5.74, 6) is 0.492. The van der Waals surface area contributed by atoms with Crippen LogP contribution in [0.2, 0.25) is 0 Å². The van der Waals surface area contributed by atoms with Gasteiger partial charge >= 0.3 is 0 Å². The summed E-state index contributed by atoms with van der Waals surface area (Å²) < 4.78 is 25.2. The van der Waals surface area contributed by atoms with Crippen LogP contribution in [0.3, 0.4) is 0 Å². The Balaban J connectivity index is 1.43. The molecule has 1 atom stereocenters. The Labute approximate surface area is 147 Å². The fraction of sp³-hybridized carbons (Fsp3) is 0.529. The van der Waals surface area contributed by atoms with Crippen molar-refractivity contribution in [2.75, 3.05) is 37.7 Å². The summed E-state index contributed by atoms with van der Waals surface area (Å²) in [5.41, 5.74) is 2.28. The molecule has 1 amide bonds. The van der Waals surface area contributed by atoms with Crippen molar-refractivity contribution in [2.24, 2.45) is 0 Å². The number of hydrogen-bond acceptors (Lipinski definition) is 5. The fourth-order valence-corrected chi connectivity index (χ4v) is 5.53. The molecule has 0 bridgehead atoms. The fourth-order valence-electron chi connectivity index (χ4n) is 3.77. The highest BCUT2D eigenvalue weighted by molar-refractivity contribution is 7.91. The van der Waals surface area contributed by atoms with Gasteiger partial charge in [-0.25, -0.2) is 13.4 Å². The van der Waals surface area contributed by atoms with E-state index in [1.807, 2.05) is 34.4 Å². The average molecular weight is 362 g/mol. The van der Waals surface area contributed by atoms with Gasteiger partial charge in [0, 0.05) is 44.1 Å². The first-order valence-electron chi connectivity index (χ1n) is 8.61. The minimum Gasteiger partial charge on any atom is -0.335 e. The van der Waals surface area contributed by atoms with Crippen molar-refractivity contribution in [3.63, 3.8) is 0 Å². The highest BCUT2D eigenvalue weighted by Crippen LogP contribution is 2.20. The van der Waals surface area contributed by atoms with Crippen molar-refractivity contribution >= 4 is 21.4 Å². The number of carbonyl (C=O) groups is 1. The van der Waals surface area contributed by atoms with Crippen molar-refractivity contribution in [1.29, 1.82) is 0 Å². The van der Waals surface area contributed by atoms with Gasteiger partial charge in [0.2, 0.25) is 0 Å². The third kappa shape index (κ3) is 3.16. The topological polar surface area (TPSA) is 75.0 Å². The average Bonchev–Trinajstić information content (AvgIpc) is 3.18. The summed E-state index contributed by atoms with van der Waals surface area (Å²) >= 11 is 0. The Kier molecular flexibility index (Phi) is 4.04. The van der Waals surface area contributed by atoms with Crippen LogP contribution in [0.15, 0.2) is 24.4 Å². The number of amides is 1. The number of aromatic nitrogens is 2.